The molecule has 0 aromatic heterocycles. The fraction of sp³-hybridized carbons (Fsp3) is 0.231. The van der Waals surface area contributed by atoms with E-state index in [1.54, 1.807) is 7.05 Å². The molecule has 0 bridgehead atoms. The third-order valence-electron chi connectivity index (χ3n) is 5.73. The largest absolute Gasteiger partial charge is 0.489 e. The van der Waals surface area contributed by atoms with Gasteiger partial charge in [0.25, 0.3) is 0 Å². The van der Waals surface area contributed by atoms with Crippen molar-refractivity contribution >= 4 is 23.3 Å². The standard InChI is InChI=1S/C26H24ClNO3/c1-28-25(26(29)30-2)24-6-4-3-5-19(24)16-31-21-11-7-17(8-12-21)22-13-9-18-15-20(27)10-14-23(18)22/h3-8,10-12,14-15,22H,9,13,16H2,1-2H3. The topological polar surface area (TPSA) is 47.9 Å². The summed E-state index contributed by atoms with van der Waals surface area (Å²) in [6, 6.07) is 22.0. The van der Waals surface area contributed by atoms with E-state index in [1.165, 1.54) is 23.8 Å². The molecule has 0 amide bonds. The number of carbonyl (C=O) groups excluding carboxylic acids is 1. The smallest absolute Gasteiger partial charge is 0.356 e. The maximum atomic E-state index is 12.0. The van der Waals surface area contributed by atoms with Gasteiger partial charge in [-0.2, -0.15) is 0 Å². The van der Waals surface area contributed by atoms with Crippen LogP contribution >= 0.6 is 11.6 Å². The van der Waals surface area contributed by atoms with Crippen molar-refractivity contribution in [3.63, 3.8) is 0 Å². The number of rotatable bonds is 6. The fourth-order valence-corrected chi connectivity index (χ4v) is 4.38. The number of nitrogens with zero attached hydrogens (tertiary/aromatic N) is 1. The van der Waals surface area contributed by atoms with Gasteiger partial charge in [0.1, 0.15) is 12.4 Å². The van der Waals surface area contributed by atoms with Gasteiger partial charge in [-0.05, 0) is 59.4 Å². The molecular formula is C26H24ClNO3. The summed E-state index contributed by atoms with van der Waals surface area (Å²) in [5.41, 5.74) is 5.86. The molecule has 1 aliphatic rings. The Kier molecular flexibility index (Phi) is 6.38. The van der Waals surface area contributed by atoms with Crippen LogP contribution in [-0.2, 0) is 22.6 Å². The highest BCUT2D eigenvalue weighted by atomic mass is 35.5. The van der Waals surface area contributed by atoms with Crippen molar-refractivity contribution in [1.82, 2.24) is 0 Å². The molecule has 0 heterocycles. The van der Waals surface area contributed by atoms with E-state index < -0.39 is 5.97 Å². The van der Waals surface area contributed by atoms with Gasteiger partial charge in [-0.1, -0.05) is 54.1 Å². The number of aliphatic imine (C=N–C) groups is 1. The molecule has 0 spiro atoms. The summed E-state index contributed by atoms with van der Waals surface area (Å²) in [7, 11) is 2.93. The number of methoxy groups -OCH3 is 1. The molecule has 1 unspecified atom stereocenters. The van der Waals surface area contributed by atoms with Crippen LogP contribution < -0.4 is 4.74 Å². The van der Waals surface area contributed by atoms with Crippen LogP contribution in [0, 0.1) is 0 Å². The molecule has 4 rings (SSSR count). The highest BCUT2D eigenvalue weighted by Crippen LogP contribution is 2.39. The van der Waals surface area contributed by atoms with E-state index in [0.717, 1.165) is 34.7 Å². The van der Waals surface area contributed by atoms with Gasteiger partial charge < -0.3 is 9.47 Å². The molecule has 0 radical (unpaired) electrons. The Morgan fingerprint density at radius 1 is 1.10 bits per heavy atom. The van der Waals surface area contributed by atoms with E-state index in [-0.39, 0.29) is 5.71 Å². The Balaban J connectivity index is 1.48. The van der Waals surface area contributed by atoms with Crippen LogP contribution in [0.5, 0.6) is 5.75 Å². The van der Waals surface area contributed by atoms with Gasteiger partial charge in [0, 0.05) is 23.6 Å². The summed E-state index contributed by atoms with van der Waals surface area (Å²) in [6.07, 6.45) is 2.15. The first-order valence-electron chi connectivity index (χ1n) is 10.2. The van der Waals surface area contributed by atoms with Crippen molar-refractivity contribution < 1.29 is 14.3 Å². The monoisotopic (exact) mass is 433 g/mol. The number of aryl methyl sites for hydroxylation is 1. The number of benzene rings is 3. The van der Waals surface area contributed by atoms with Crippen molar-refractivity contribution in [1.29, 1.82) is 0 Å². The number of carbonyl (C=O) groups is 1. The van der Waals surface area contributed by atoms with Gasteiger partial charge >= 0.3 is 5.97 Å². The molecule has 4 nitrogen and oxygen atoms in total. The predicted molar refractivity (Wildman–Crippen MR) is 123 cm³/mol. The third-order valence-corrected chi connectivity index (χ3v) is 5.97. The Morgan fingerprint density at radius 3 is 2.61 bits per heavy atom. The molecule has 1 atom stereocenters. The van der Waals surface area contributed by atoms with Gasteiger partial charge in [-0.25, -0.2) is 4.79 Å². The number of fused-ring (bicyclic) bond motifs is 1. The molecule has 158 valence electrons. The van der Waals surface area contributed by atoms with E-state index in [9.17, 15) is 4.79 Å². The zero-order valence-corrected chi connectivity index (χ0v) is 18.4. The van der Waals surface area contributed by atoms with Crippen molar-refractivity contribution in [3.05, 3.63) is 99.6 Å². The average Bonchev–Trinajstić information content (AvgIpc) is 3.22. The normalized spacial score (nSPS) is 15.5. The lowest BCUT2D eigenvalue weighted by Crippen LogP contribution is -2.19. The van der Waals surface area contributed by atoms with Gasteiger partial charge in [0.15, 0.2) is 5.71 Å². The quantitative estimate of drug-likeness (QED) is 0.376. The molecule has 0 N–H and O–H groups in total. The van der Waals surface area contributed by atoms with Crippen LogP contribution in [-0.4, -0.2) is 25.8 Å². The Hall–Kier alpha value is -3.11. The number of ether oxygens (including phenoxy) is 2. The van der Waals surface area contributed by atoms with Crippen LogP contribution in [0.4, 0.5) is 0 Å². The van der Waals surface area contributed by atoms with Crippen LogP contribution in [0.15, 0.2) is 71.7 Å². The number of hydrogen-bond donors (Lipinski definition) is 0. The highest BCUT2D eigenvalue weighted by molar-refractivity contribution is 6.43. The van der Waals surface area contributed by atoms with Crippen LogP contribution in [0.2, 0.25) is 5.02 Å². The van der Waals surface area contributed by atoms with Gasteiger partial charge in [-0.15, -0.1) is 0 Å². The summed E-state index contributed by atoms with van der Waals surface area (Å²) in [4.78, 5) is 16.1. The van der Waals surface area contributed by atoms with E-state index in [1.807, 2.05) is 42.5 Å². The number of halogens is 1. The summed E-state index contributed by atoms with van der Waals surface area (Å²) >= 11 is 6.14. The second-order valence-corrected chi connectivity index (χ2v) is 7.95. The van der Waals surface area contributed by atoms with Crippen molar-refractivity contribution in [2.24, 2.45) is 4.99 Å². The third kappa shape index (κ3) is 4.49. The number of hydrogen-bond acceptors (Lipinski definition) is 4. The van der Waals surface area contributed by atoms with Crippen molar-refractivity contribution in [2.45, 2.75) is 25.4 Å². The molecule has 0 saturated carbocycles. The predicted octanol–water partition coefficient (Wildman–Crippen LogP) is 5.59. The molecule has 3 aromatic carbocycles. The molecule has 1 aliphatic carbocycles. The molecule has 0 fully saturated rings. The highest BCUT2D eigenvalue weighted by Gasteiger charge is 2.24. The van der Waals surface area contributed by atoms with E-state index >= 15 is 0 Å². The Labute approximate surface area is 187 Å². The first kappa shape index (κ1) is 21.1. The summed E-state index contributed by atoms with van der Waals surface area (Å²) < 4.78 is 10.9. The fourth-order valence-electron chi connectivity index (χ4n) is 4.19. The minimum absolute atomic E-state index is 0.289. The number of esters is 1. The molecule has 5 heteroatoms. The summed E-state index contributed by atoms with van der Waals surface area (Å²) in [5, 5.41) is 0.798. The maximum absolute atomic E-state index is 12.0. The lowest BCUT2D eigenvalue weighted by atomic mass is 9.93. The van der Waals surface area contributed by atoms with Crippen molar-refractivity contribution in [3.8, 4) is 5.75 Å². The summed E-state index contributed by atoms with van der Waals surface area (Å²) in [6.45, 7) is 0.330. The Bertz CT molecular complexity index is 1120. The van der Waals surface area contributed by atoms with Crippen molar-refractivity contribution in [2.75, 3.05) is 14.2 Å². The molecular weight excluding hydrogens is 410 g/mol. The molecule has 0 saturated heterocycles. The van der Waals surface area contributed by atoms with E-state index in [0.29, 0.717) is 12.5 Å². The molecule has 31 heavy (non-hydrogen) atoms. The van der Waals surface area contributed by atoms with E-state index in [4.69, 9.17) is 21.1 Å². The molecule has 0 aliphatic heterocycles. The summed E-state index contributed by atoms with van der Waals surface area (Å²) in [5.74, 6) is 0.712. The minimum atomic E-state index is -0.461. The Morgan fingerprint density at radius 2 is 1.87 bits per heavy atom. The van der Waals surface area contributed by atoms with Gasteiger partial charge in [-0.3, -0.25) is 4.99 Å². The lowest BCUT2D eigenvalue weighted by molar-refractivity contribution is -0.132. The van der Waals surface area contributed by atoms with Gasteiger partial charge in [0.2, 0.25) is 0 Å². The van der Waals surface area contributed by atoms with E-state index in [2.05, 4.69) is 29.3 Å². The maximum Gasteiger partial charge on any atom is 0.356 e. The second kappa shape index (κ2) is 9.36. The van der Waals surface area contributed by atoms with Crippen LogP contribution in [0.3, 0.4) is 0 Å². The SMILES string of the molecule is CN=C(C(=O)OC)c1ccccc1COc1ccc(C2CCc3cc(Cl)ccc32)cc1. The van der Waals surface area contributed by atoms with Gasteiger partial charge in [0.05, 0.1) is 7.11 Å². The minimum Gasteiger partial charge on any atom is -0.489 e. The van der Waals surface area contributed by atoms with Crippen LogP contribution in [0.1, 0.15) is 40.2 Å². The first-order chi connectivity index (χ1) is 15.1. The molecule has 3 aromatic rings. The average molecular weight is 434 g/mol. The first-order valence-corrected chi connectivity index (χ1v) is 10.6. The second-order valence-electron chi connectivity index (χ2n) is 7.51. The zero-order valence-electron chi connectivity index (χ0n) is 17.6. The zero-order chi connectivity index (χ0) is 21.8. The lowest BCUT2D eigenvalue weighted by Gasteiger charge is -2.14. The van der Waals surface area contributed by atoms with Crippen LogP contribution in [0.25, 0.3) is 0 Å².